The first-order valence-electron chi connectivity index (χ1n) is 15.4. The molecule has 0 aliphatic rings. The Morgan fingerprint density at radius 2 is 1.28 bits per heavy atom. The van der Waals surface area contributed by atoms with Crippen LogP contribution in [0.5, 0.6) is 0 Å². The van der Waals surface area contributed by atoms with Crippen LogP contribution in [0.2, 0.25) is 0 Å². The number of nitrogens with zero attached hydrogens (tertiary/aromatic N) is 2. The van der Waals surface area contributed by atoms with Crippen LogP contribution in [0.3, 0.4) is 0 Å². The third-order valence-electron chi connectivity index (χ3n) is 9.43. The van der Waals surface area contributed by atoms with Gasteiger partial charge in [-0.25, -0.2) is 4.98 Å². The van der Waals surface area contributed by atoms with E-state index in [2.05, 4.69) is 114 Å². The van der Waals surface area contributed by atoms with Crippen molar-refractivity contribution in [2.75, 3.05) is 0 Å². The molecule has 11 aromatic rings. The monoisotopic (exact) mass is 606 g/mol. The van der Waals surface area contributed by atoms with Crippen molar-refractivity contribution in [2.24, 2.45) is 0 Å². The van der Waals surface area contributed by atoms with Gasteiger partial charge in [-0.3, -0.25) is 0 Å². The van der Waals surface area contributed by atoms with Gasteiger partial charge in [0.25, 0.3) is 0 Å². The Hall–Kier alpha value is -5.91. The SMILES string of the molecule is c1ccc2oc(-c3cc4oc5c(-n6c7ccccc7c7c8sc9ccccc9c8ccc76)cccc5c4c4ccccc34)nc2c1. The molecule has 0 saturated carbocycles. The molecule has 11 rings (SSSR count). The van der Waals surface area contributed by atoms with Crippen molar-refractivity contribution >= 4 is 97.1 Å². The standard InChI is InChI=1S/C41H22N2O2S/c1-2-12-25-23(10-1)29(41-42-30-15-5-7-18-34(30)45-41)22-35-37(25)28-14-9-17-33(39(28)44-35)43-31-16-6-3-13-27(31)38-32(43)21-20-26-24-11-4-8-19-36(24)46-40(26)38/h1-22H. The molecular formula is C41H22N2O2S. The first-order chi connectivity index (χ1) is 22.8. The molecule has 0 radical (unpaired) electrons. The Morgan fingerprint density at radius 1 is 0.522 bits per heavy atom. The summed E-state index contributed by atoms with van der Waals surface area (Å²) >= 11 is 1.87. The van der Waals surface area contributed by atoms with Crippen LogP contribution in [0, 0.1) is 0 Å². The first kappa shape index (κ1) is 24.4. The molecule has 0 fully saturated rings. The Balaban J connectivity index is 1.25. The van der Waals surface area contributed by atoms with Crippen LogP contribution in [-0.2, 0) is 0 Å². The van der Waals surface area contributed by atoms with Gasteiger partial charge in [-0.15, -0.1) is 11.3 Å². The fraction of sp³-hybridized carbons (Fsp3) is 0. The number of furan rings is 1. The van der Waals surface area contributed by atoms with Crippen LogP contribution in [0.1, 0.15) is 0 Å². The molecule has 0 atom stereocenters. The van der Waals surface area contributed by atoms with E-state index in [1.54, 1.807) is 0 Å². The van der Waals surface area contributed by atoms with E-state index in [1.807, 2.05) is 35.6 Å². The topological polar surface area (TPSA) is 44.1 Å². The van der Waals surface area contributed by atoms with E-state index in [-0.39, 0.29) is 0 Å². The number of thiophene rings is 1. The minimum Gasteiger partial charge on any atom is -0.454 e. The van der Waals surface area contributed by atoms with Crippen molar-refractivity contribution in [1.82, 2.24) is 9.55 Å². The molecule has 46 heavy (non-hydrogen) atoms. The summed E-state index contributed by atoms with van der Waals surface area (Å²) in [4.78, 5) is 4.85. The summed E-state index contributed by atoms with van der Waals surface area (Å²) in [6.45, 7) is 0. The van der Waals surface area contributed by atoms with Gasteiger partial charge in [-0.1, -0.05) is 91.0 Å². The Labute approximate surface area is 265 Å². The average molecular weight is 607 g/mol. The summed E-state index contributed by atoms with van der Waals surface area (Å²) < 4.78 is 18.2. The highest BCUT2D eigenvalue weighted by Gasteiger charge is 2.22. The van der Waals surface area contributed by atoms with Crippen LogP contribution >= 0.6 is 11.3 Å². The van der Waals surface area contributed by atoms with Crippen molar-refractivity contribution in [3.05, 3.63) is 133 Å². The fourth-order valence-corrected chi connectivity index (χ4v) is 8.74. The Bertz CT molecular complexity index is 3010. The van der Waals surface area contributed by atoms with E-state index < -0.39 is 0 Å². The van der Waals surface area contributed by atoms with Gasteiger partial charge in [0, 0.05) is 47.3 Å². The lowest BCUT2D eigenvalue weighted by molar-refractivity contribution is 0.620. The van der Waals surface area contributed by atoms with E-state index in [0.717, 1.165) is 60.6 Å². The van der Waals surface area contributed by atoms with E-state index in [0.29, 0.717) is 5.89 Å². The summed E-state index contributed by atoms with van der Waals surface area (Å²) in [5, 5.41) is 9.51. The van der Waals surface area contributed by atoms with E-state index in [1.165, 1.54) is 36.5 Å². The second kappa shape index (κ2) is 8.84. The summed E-state index contributed by atoms with van der Waals surface area (Å²) in [6.07, 6.45) is 0. The lowest BCUT2D eigenvalue weighted by Crippen LogP contribution is -1.94. The van der Waals surface area contributed by atoms with E-state index in [4.69, 9.17) is 13.8 Å². The number of hydrogen-bond acceptors (Lipinski definition) is 4. The van der Waals surface area contributed by atoms with Crippen molar-refractivity contribution in [3.63, 3.8) is 0 Å². The zero-order valence-electron chi connectivity index (χ0n) is 24.3. The molecule has 0 spiro atoms. The predicted octanol–water partition coefficient (Wildman–Crippen LogP) is 12.0. The summed E-state index contributed by atoms with van der Waals surface area (Å²) in [5.41, 5.74) is 7.55. The minimum absolute atomic E-state index is 0.592. The van der Waals surface area contributed by atoms with Gasteiger partial charge in [0.15, 0.2) is 11.2 Å². The Morgan fingerprint density at radius 3 is 2.20 bits per heavy atom. The van der Waals surface area contributed by atoms with Crippen LogP contribution in [0.4, 0.5) is 0 Å². The quantitative estimate of drug-likeness (QED) is 0.197. The molecule has 5 heteroatoms. The molecule has 4 heterocycles. The van der Waals surface area contributed by atoms with Crippen molar-refractivity contribution < 1.29 is 8.83 Å². The van der Waals surface area contributed by atoms with E-state index in [9.17, 15) is 0 Å². The van der Waals surface area contributed by atoms with Crippen molar-refractivity contribution in [1.29, 1.82) is 0 Å². The summed E-state index contributed by atoms with van der Waals surface area (Å²) in [6, 6.07) is 47.0. The van der Waals surface area contributed by atoms with Crippen LogP contribution < -0.4 is 0 Å². The third kappa shape index (κ3) is 3.14. The van der Waals surface area contributed by atoms with Gasteiger partial charge in [0.2, 0.25) is 5.89 Å². The molecule has 4 aromatic heterocycles. The lowest BCUT2D eigenvalue weighted by atomic mass is 9.99. The summed E-state index contributed by atoms with van der Waals surface area (Å²) in [7, 11) is 0. The second-order valence-corrected chi connectivity index (χ2v) is 12.9. The molecule has 4 nitrogen and oxygen atoms in total. The van der Waals surface area contributed by atoms with Gasteiger partial charge in [-0.2, -0.15) is 0 Å². The highest BCUT2D eigenvalue weighted by atomic mass is 32.1. The number of fused-ring (bicyclic) bond motifs is 13. The number of aromatic nitrogens is 2. The number of oxazole rings is 1. The van der Waals surface area contributed by atoms with Gasteiger partial charge >= 0.3 is 0 Å². The van der Waals surface area contributed by atoms with Crippen LogP contribution in [0.15, 0.2) is 142 Å². The smallest absolute Gasteiger partial charge is 0.228 e. The Kier molecular flexibility index (Phi) is 4.69. The number of hydrogen-bond donors (Lipinski definition) is 0. The minimum atomic E-state index is 0.592. The average Bonchev–Trinajstić information content (AvgIpc) is 3.87. The molecule has 0 aliphatic carbocycles. The molecule has 0 aliphatic heterocycles. The zero-order chi connectivity index (χ0) is 29.9. The predicted molar refractivity (Wildman–Crippen MR) is 191 cm³/mol. The van der Waals surface area contributed by atoms with Crippen molar-refractivity contribution in [2.45, 2.75) is 0 Å². The van der Waals surface area contributed by atoms with Crippen LogP contribution in [0.25, 0.3) is 103 Å². The maximum Gasteiger partial charge on any atom is 0.228 e. The number of rotatable bonds is 2. The van der Waals surface area contributed by atoms with Gasteiger partial charge in [-0.05, 0) is 53.2 Å². The second-order valence-electron chi connectivity index (χ2n) is 11.9. The van der Waals surface area contributed by atoms with Crippen LogP contribution in [-0.4, -0.2) is 9.55 Å². The molecule has 0 bridgehead atoms. The molecule has 0 saturated heterocycles. The van der Waals surface area contributed by atoms with E-state index >= 15 is 0 Å². The highest BCUT2D eigenvalue weighted by molar-refractivity contribution is 7.26. The van der Waals surface area contributed by atoms with Gasteiger partial charge in [0.05, 0.1) is 16.7 Å². The lowest BCUT2D eigenvalue weighted by Gasteiger charge is -2.08. The van der Waals surface area contributed by atoms with Crippen molar-refractivity contribution in [3.8, 4) is 17.1 Å². The molecule has 0 unspecified atom stereocenters. The summed E-state index contributed by atoms with van der Waals surface area (Å²) in [5.74, 6) is 0.592. The zero-order valence-corrected chi connectivity index (χ0v) is 25.1. The highest BCUT2D eigenvalue weighted by Crippen LogP contribution is 2.46. The van der Waals surface area contributed by atoms with Gasteiger partial charge in [0.1, 0.15) is 11.1 Å². The molecule has 7 aromatic carbocycles. The van der Waals surface area contributed by atoms with Gasteiger partial charge < -0.3 is 13.4 Å². The number of para-hydroxylation sites is 4. The molecule has 214 valence electrons. The molecule has 0 amide bonds. The third-order valence-corrected chi connectivity index (χ3v) is 10.6. The molecular weight excluding hydrogens is 585 g/mol. The fourth-order valence-electron chi connectivity index (χ4n) is 7.48. The largest absolute Gasteiger partial charge is 0.454 e. The molecule has 0 N–H and O–H groups in total. The number of benzene rings is 7. The normalized spacial score (nSPS) is 12.3. The maximum atomic E-state index is 6.90. The maximum absolute atomic E-state index is 6.90. The first-order valence-corrected chi connectivity index (χ1v) is 16.2.